The molecule has 0 atom stereocenters. The van der Waals surface area contributed by atoms with Gasteiger partial charge in [0.15, 0.2) is 0 Å². The van der Waals surface area contributed by atoms with E-state index in [0.29, 0.717) is 39.8 Å². The number of carbonyl (C=O) groups is 3. The van der Waals surface area contributed by atoms with Gasteiger partial charge >= 0.3 is 17.9 Å². The molecular weight excluding hydrogens is 444 g/mol. The van der Waals surface area contributed by atoms with Gasteiger partial charge in [-0.2, -0.15) is 0 Å². The average Bonchev–Trinajstić information content (AvgIpc) is 3.26. The molecule has 174 valence electrons. The Labute approximate surface area is 196 Å². The summed E-state index contributed by atoms with van der Waals surface area (Å²) in [4.78, 5) is 41.7. The smallest absolute Gasteiger partial charge is 0.336 e. The maximum atomic E-state index is 12.7. The number of ether oxygens (including phenoxy) is 3. The van der Waals surface area contributed by atoms with Crippen molar-refractivity contribution in [2.75, 3.05) is 20.8 Å². The number of rotatable bonds is 7. The van der Waals surface area contributed by atoms with Crippen molar-refractivity contribution in [3.8, 4) is 10.6 Å². The number of hydrogen-bond acceptors (Lipinski definition) is 9. The second-order valence-electron chi connectivity index (χ2n) is 7.37. The molecule has 2 heterocycles. The van der Waals surface area contributed by atoms with Crippen LogP contribution in [0.15, 0.2) is 52.2 Å². The molecule has 0 amide bonds. The van der Waals surface area contributed by atoms with Gasteiger partial charge in [0.05, 0.1) is 50.0 Å². The van der Waals surface area contributed by atoms with Crippen LogP contribution in [0.1, 0.15) is 37.9 Å². The second kappa shape index (κ2) is 10.4. The lowest BCUT2D eigenvalue weighted by Gasteiger charge is -2.30. The monoisotopic (exact) mass is 470 g/mol. The van der Waals surface area contributed by atoms with Crippen molar-refractivity contribution < 1.29 is 28.6 Å². The van der Waals surface area contributed by atoms with Crippen LogP contribution in [0.2, 0.25) is 0 Å². The summed E-state index contributed by atoms with van der Waals surface area (Å²) >= 11 is 1.40. The van der Waals surface area contributed by atoms with Gasteiger partial charge in [0.25, 0.3) is 0 Å². The van der Waals surface area contributed by atoms with Gasteiger partial charge in [-0.15, -0.1) is 11.3 Å². The molecule has 1 aliphatic rings. The Bertz CT molecular complexity index is 1110. The van der Waals surface area contributed by atoms with E-state index in [4.69, 9.17) is 14.2 Å². The van der Waals surface area contributed by atoms with Crippen LogP contribution in [0, 0.1) is 0 Å². The Morgan fingerprint density at radius 3 is 2.27 bits per heavy atom. The summed E-state index contributed by atoms with van der Waals surface area (Å²) in [5.41, 5.74) is 4.02. The number of nitrogens with one attached hydrogen (secondary N) is 1. The van der Waals surface area contributed by atoms with E-state index in [1.165, 1.54) is 25.6 Å². The van der Waals surface area contributed by atoms with Crippen molar-refractivity contribution in [3.05, 3.63) is 63.4 Å². The molecule has 1 aromatic carbocycles. The predicted octanol–water partition coefficient (Wildman–Crippen LogP) is 3.50. The summed E-state index contributed by atoms with van der Waals surface area (Å²) in [5, 5.41) is 5.62. The van der Waals surface area contributed by atoms with Crippen molar-refractivity contribution in [2.45, 2.75) is 33.1 Å². The third kappa shape index (κ3) is 5.14. The van der Waals surface area contributed by atoms with E-state index in [2.05, 4.69) is 10.3 Å². The van der Waals surface area contributed by atoms with Crippen LogP contribution in [-0.2, 0) is 35.0 Å². The van der Waals surface area contributed by atoms with Crippen LogP contribution in [0.4, 0.5) is 0 Å². The first-order chi connectivity index (χ1) is 15.8. The maximum Gasteiger partial charge on any atom is 0.336 e. The van der Waals surface area contributed by atoms with E-state index in [-0.39, 0.29) is 12.4 Å². The summed E-state index contributed by atoms with van der Waals surface area (Å²) in [5.74, 6) is -2.07. The highest BCUT2D eigenvalue weighted by atomic mass is 32.1. The Morgan fingerprint density at radius 2 is 1.70 bits per heavy atom. The minimum absolute atomic E-state index is 0.0984. The molecule has 3 rings (SSSR count). The summed E-state index contributed by atoms with van der Waals surface area (Å²) in [6.07, 6.45) is 0.0984. The fourth-order valence-electron chi connectivity index (χ4n) is 3.82. The third-order valence-electron chi connectivity index (χ3n) is 5.22. The second-order valence-corrected chi connectivity index (χ2v) is 8.23. The summed E-state index contributed by atoms with van der Waals surface area (Å²) in [7, 11) is 2.61. The minimum atomic E-state index is -0.676. The number of nitrogens with zero attached hydrogens (tertiary/aromatic N) is 1. The summed E-state index contributed by atoms with van der Waals surface area (Å²) in [6, 6.07) is 7.46. The van der Waals surface area contributed by atoms with Gasteiger partial charge in [-0.1, -0.05) is 18.2 Å². The zero-order valence-corrected chi connectivity index (χ0v) is 20.0. The van der Waals surface area contributed by atoms with Crippen LogP contribution < -0.4 is 5.32 Å². The number of aromatic nitrogens is 1. The van der Waals surface area contributed by atoms with Crippen LogP contribution in [0.3, 0.4) is 0 Å². The Kier molecular flexibility index (Phi) is 7.65. The number of benzene rings is 1. The molecular formula is C24H26N2O6S. The van der Waals surface area contributed by atoms with Gasteiger partial charge < -0.3 is 19.5 Å². The first kappa shape index (κ1) is 24.2. The number of methoxy groups -OCH3 is 2. The molecule has 0 radical (unpaired) electrons. The van der Waals surface area contributed by atoms with E-state index in [9.17, 15) is 14.4 Å². The zero-order chi connectivity index (χ0) is 24.1. The highest BCUT2D eigenvalue weighted by molar-refractivity contribution is 7.13. The van der Waals surface area contributed by atoms with Crippen molar-refractivity contribution in [2.24, 2.45) is 0 Å². The third-order valence-corrected chi connectivity index (χ3v) is 6.16. The van der Waals surface area contributed by atoms with Crippen molar-refractivity contribution in [1.29, 1.82) is 0 Å². The minimum Gasteiger partial charge on any atom is -0.466 e. The quantitative estimate of drug-likeness (QED) is 0.484. The molecule has 33 heavy (non-hydrogen) atoms. The Morgan fingerprint density at radius 1 is 1.06 bits per heavy atom. The molecule has 0 spiro atoms. The molecule has 0 saturated heterocycles. The number of dihydropyridines is 1. The van der Waals surface area contributed by atoms with Crippen LogP contribution in [-0.4, -0.2) is 43.7 Å². The first-order valence-electron chi connectivity index (χ1n) is 10.4. The topological polar surface area (TPSA) is 104 Å². The SMILES string of the molecule is CCOC(=O)Cc1csc(-c2cccc(C3C(C(=O)OC)=C(C)NC(C)=C3C(=O)OC)c2)n1. The number of carbonyl (C=O) groups excluding carboxylic acids is 3. The predicted molar refractivity (Wildman–Crippen MR) is 123 cm³/mol. The van der Waals surface area contributed by atoms with Gasteiger partial charge in [0.1, 0.15) is 5.01 Å². The highest BCUT2D eigenvalue weighted by Gasteiger charge is 2.37. The molecule has 0 bridgehead atoms. The van der Waals surface area contributed by atoms with E-state index in [0.717, 1.165) is 11.1 Å². The average molecular weight is 471 g/mol. The van der Waals surface area contributed by atoms with Crippen LogP contribution in [0.25, 0.3) is 10.6 Å². The first-order valence-corrected chi connectivity index (χ1v) is 11.2. The molecule has 1 N–H and O–H groups in total. The zero-order valence-electron chi connectivity index (χ0n) is 19.2. The van der Waals surface area contributed by atoms with E-state index >= 15 is 0 Å². The molecule has 9 heteroatoms. The number of hydrogen-bond donors (Lipinski definition) is 1. The standard InChI is InChI=1S/C24H26N2O6S/c1-6-32-18(27)11-17-12-33-22(26-17)16-9-7-8-15(10-16)21-19(23(28)30-4)13(2)25-14(3)20(21)24(29)31-5/h7-10,12,21,25H,6,11H2,1-5H3. The summed E-state index contributed by atoms with van der Waals surface area (Å²) < 4.78 is 15.0. The van der Waals surface area contributed by atoms with Crippen molar-refractivity contribution in [3.63, 3.8) is 0 Å². The van der Waals surface area contributed by atoms with Gasteiger partial charge in [0.2, 0.25) is 0 Å². The van der Waals surface area contributed by atoms with Crippen LogP contribution in [0.5, 0.6) is 0 Å². The largest absolute Gasteiger partial charge is 0.466 e. The normalized spacial score (nSPS) is 14.1. The molecule has 0 unspecified atom stereocenters. The molecule has 8 nitrogen and oxygen atoms in total. The van der Waals surface area contributed by atoms with E-state index < -0.39 is 17.9 Å². The lowest BCUT2D eigenvalue weighted by Crippen LogP contribution is -2.32. The molecule has 0 aliphatic carbocycles. The van der Waals surface area contributed by atoms with Gasteiger partial charge in [-0.25, -0.2) is 14.6 Å². The van der Waals surface area contributed by atoms with E-state index in [1.807, 2.05) is 29.6 Å². The maximum absolute atomic E-state index is 12.7. The highest BCUT2D eigenvalue weighted by Crippen LogP contribution is 2.40. The molecule has 0 fully saturated rings. The van der Waals surface area contributed by atoms with Gasteiger partial charge in [-0.05, 0) is 32.4 Å². The van der Waals surface area contributed by atoms with Gasteiger partial charge in [0, 0.05) is 22.3 Å². The number of thiazole rings is 1. The Balaban J connectivity index is 2.05. The van der Waals surface area contributed by atoms with Gasteiger partial charge in [-0.3, -0.25) is 4.79 Å². The van der Waals surface area contributed by atoms with Crippen LogP contribution >= 0.6 is 11.3 Å². The molecule has 2 aromatic rings. The Hall–Kier alpha value is -3.46. The molecule has 1 aromatic heterocycles. The van der Waals surface area contributed by atoms with Crippen molar-refractivity contribution in [1.82, 2.24) is 10.3 Å². The summed E-state index contributed by atoms with van der Waals surface area (Å²) in [6.45, 7) is 5.61. The fraction of sp³-hybridized carbons (Fsp3) is 0.333. The van der Waals surface area contributed by atoms with Crippen molar-refractivity contribution >= 4 is 29.2 Å². The molecule has 1 aliphatic heterocycles. The lowest BCUT2D eigenvalue weighted by molar-refractivity contribution is -0.142. The lowest BCUT2D eigenvalue weighted by atomic mass is 9.80. The number of esters is 3. The molecule has 0 saturated carbocycles. The fourth-order valence-corrected chi connectivity index (χ4v) is 4.64. The number of allylic oxidation sites excluding steroid dienone is 2. The van der Waals surface area contributed by atoms with E-state index in [1.54, 1.807) is 20.8 Å².